The first kappa shape index (κ1) is 7.17. The summed E-state index contributed by atoms with van der Waals surface area (Å²) in [5.41, 5.74) is 0.672. The first-order valence-corrected chi connectivity index (χ1v) is 2.24. The predicted molar refractivity (Wildman–Crippen MR) is 32.9 cm³/mol. The van der Waals surface area contributed by atoms with E-state index in [9.17, 15) is 0 Å². The van der Waals surface area contributed by atoms with E-state index >= 15 is 0 Å². The average Bonchev–Trinajstić information content (AvgIpc) is 1.61. The second-order valence-electron chi connectivity index (χ2n) is 1.55. The smallest absolute Gasteiger partial charge is 0.115 e. The minimum atomic E-state index is 0.672. The van der Waals surface area contributed by atoms with Gasteiger partial charge in [-0.15, -0.1) is 0 Å². The van der Waals surface area contributed by atoms with Crippen LogP contribution >= 0.6 is 0 Å². The minimum absolute atomic E-state index is 0.672. The van der Waals surface area contributed by atoms with Crippen LogP contribution in [0.25, 0.3) is 0 Å². The highest BCUT2D eigenvalue weighted by Gasteiger charge is 1.76. The molecule has 0 bridgehead atoms. The second kappa shape index (κ2) is 3.21. The highest BCUT2D eigenvalue weighted by Crippen LogP contribution is 1.84. The van der Waals surface area contributed by atoms with Gasteiger partial charge in [-0.05, 0) is 6.92 Å². The second-order valence-corrected chi connectivity index (χ2v) is 1.55. The Morgan fingerprint density at radius 1 is 1.88 bits per heavy atom. The zero-order chi connectivity index (χ0) is 6.57. The molecule has 0 aliphatic rings. The van der Waals surface area contributed by atoms with Crippen LogP contribution in [0.3, 0.4) is 0 Å². The minimum Gasteiger partial charge on any atom is -0.288 e. The molecule has 0 radical (unpaired) electrons. The number of allylic oxidation sites excluding steroid dienone is 1. The Morgan fingerprint density at radius 2 is 2.38 bits per heavy atom. The first-order chi connectivity index (χ1) is 3.63. The first-order valence-electron chi connectivity index (χ1n) is 2.24. The van der Waals surface area contributed by atoms with E-state index < -0.39 is 0 Å². The van der Waals surface area contributed by atoms with Crippen LogP contribution in [0.15, 0.2) is 17.3 Å². The summed E-state index contributed by atoms with van der Waals surface area (Å²) in [4.78, 5) is 3.68. The Bertz CT molecular complexity index is 107. The SMILES string of the molecule is C=C(C)N=CN(C)O. The monoisotopic (exact) mass is 114 g/mol. The largest absolute Gasteiger partial charge is 0.288 e. The van der Waals surface area contributed by atoms with E-state index in [1.807, 2.05) is 0 Å². The molecule has 0 saturated carbocycles. The zero-order valence-electron chi connectivity index (χ0n) is 5.13. The van der Waals surface area contributed by atoms with Gasteiger partial charge in [-0.25, -0.2) is 10.1 Å². The van der Waals surface area contributed by atoms with E-state index in [0.717, 1.165) is 5.06 Å². The van der Waals surface area contributed by atoms with Crippen LogP contribution in [0.1, 0.15) is 6.92 Å². The molecule has 0 rings (SSSR count). The summed E-state index contributed by atoms with van der Waals surface area (Å²) in [6.07, 6.45) is 1.28. The molecule has 0 unspecified atom stereocenters. The van der Waals surface area contributed by atoms with Gasteiger partial charge in [0.15, 0.2) is 0 Å². The summed E-state index contributed by atoms with van der Waals surface area (Å²) in [7, 11) is 1.48. The summed E-state index contributed by atoms with van der Waals surface area (Å²) < 4.78 is 0. The van der Waals surface area contributed by atoms with Gasteiger partial charge in [-0.1, -0.05) is 6.58 Å². The lowest BCUT2D eigenvalue weighted by atomic mass is 10.6. The molecular weight excluding hydrogens is 104 g/mol. The quantitative estimate of drug-likeness (QED) is 0.328. The molecule has 0 fully saturated rings. The Hall–Kier alpha value is -0.830. The van der Waals surface area contributed by atoms with Crippen molar-refractivity contribution in [2.45, 2.75) is 6.92 Å². The van der Waals surface area contributed by atoms with E-state index in [4.69, 9.17) is 5.21 Å². The molecule has 0 aromatic rings. The van der Waals surface area contributed by atoms with E-state index in [0.29, 0.717) is 5.70 Å². The number of rotatable bonds is 2. The van der Waals surface area contributed by atoms with Crippen molar-refractivity contribution in [2.75, 3.05) is 7.05 Å². The van der Waals surface area contributed by atoms with Gasteiger partial charge in [0, 0.05) is 12.7 Å². The number of hydrogen-bond acceptors (Lipinski definition) is 2. The summed E-state index contributed by atoms with van der Waals surface area (Å²) in [6.45, 7) is 5.24. The van der Waals surface area contributed by atoms with Crippen molar-refractivity contribution in [1.29, 1.82) is 0 Å². The van der Waals surface area contributed by atoms with Crippen LogP contribution in [-0.2, 0) is 0 Å². The van der Waals surface area contributed by atoms with Gasteiger partial charge in [-0.3, -0.25) is 5.21 Å². The van der Waals surface area contributed by atoms with Crippen LogP contribution in [0.5, 0.6) is 0 Å². The van der Waals surface area contributed by atoms with Crippen molar-refractivity contribution >= 4 is 6.34 Å². The number of hydrogen-bond donors (Lipinski definition) is 1. The summed E-state index contributed by atoms with van der Waals surface area (Å²) in [5, 5.41) is 9.31. The van der Waals surface area contributed by atoms with Crippen molar-refractivity contribution < 1.29 is 5.21 Å². The molecule has 3 nitrogen and oxygen atoms in total. The lowest BCUT2D eigenvalue weighted by Crippen LogP contribution is -2.08. The summed E-state index contributed by atoms with van der Waals surface area (Å²) >= 11 is 0. The third kappa shape index (κ3) is 5.17. The van der Waals surface area contributed by atoms with E-state index in [2.05, 4.69) is 11.6 Å². The maximum Gasteiger partial charge on any atom is 0.115 e. The van der Waals surface area contributed by atoms with Crippen LogP contribution in [0.4, 0.5) is 0 Å². The molecule has 0 heterocycles. The molecule has 0 aromatic carbocycles. The molecule has 0 aliphatic heterocycles. The zero-order valence-corrected chi connectivity index (χ0v) is 5.13. The van der Waals surface area contributed by atoms with Crippen LogP contribution in [0, 0.1) is 0 Å². The summed E-state index contributed by atoms with van der Waals surface area (Å²) in [6, 6.07) is 0. The van der Waals surface area contributed by atoms with Gasteiger partial charge in [0.25, 0.3) is 0 Å². The lowest BCUT2D eigenvalue weighted by Gasteiger charge is -1.98. The normalized spacial score (nSPS) is 9.88. The van der Waals surface area contributed by atoms with E-state index in [1.165, 1.54) is 13.4 Å². The summed E-state index contributed by atoms with van der Waals surface area (Å²) in [5.74, 6) is 0. The lowest BCUT2D eigenvalue weighted by molar-refractivity contribution is 0.0199. The number of nitrogens with zero attached hydrogens (tertiary/aromatic N) is 2. The van der Waals surface area contributed by atoms with Crippen molar-refractivity contribution in [3.8, 4) is 0 Å². The van der Waals surface area contributed by atoms with E-state index in [-0.39, 0.29) is 0 Å². The number of hydroxylamine groups is 2. The Labute approximate surface area is 48.9 Å². The fraction of sp³-hybridized carbons (Fsp3) is 0.400. The molecule has 0 aliphatic carbocycles. The third-order valence-electron chi connectivity index (χ3n) is 0.445. The van der Waals surface area contributed by atoms with Crippen LogP contribution in [-0.4, -0.2) is 23.7 Å². The van der Waals surface area contributed by atoms with Gasteiger partial charge in [0.2, 0.25) is 0 Å². The fourth-order valence-corrected chi connectivity index (χ4v) is 0.182. The molecule has 3 heteroatoms. The molecule has 0 saturated heterocycles. The highest BCUT2D eigenvalue weighted by molar-refractivity contribution is 5.54. The van der Waals surface area contributed by atoms with Crippen molar-refractivity contribution in [2.24, 2.45) is 4.99 Å². The molecule has 1 N–H and O–H groups in total. The maximum atomic E-state index is 8.44. The van der Waals surface area contributed by atoms with Gasteiger partial charge in [-0.2, -0.15) is 0 Å². The number of aliphatic imine (C=N–C) groups is 1. The molecule has 8 heavy (non-hydrogen) atoms. The highest BCUT2D eigenvalue weighted by atomic mass is 16.5. The van der Waals surface area contributed by atoms with Crippen LogP contribution in [0.2, 0.25) is 0 Å². The van der Waals surface area contributed by atoms with Gasteiger partial charge in [0.05, 0.1) is 0 Å². The standard InChI is InChI=1S/C5H10N2O/c1-5(2)6-4-7(3)8/h4,8H,1H2,2-3H3. The maximum absolute atomic E-state index is 8.44. The Balaban J connectivity index is 3.50. The average molecular weight is 114 g/mol. The van der Waals surface area contributed by atoms with Gasteiger partial charge < -0.3 is 0 Å². The van der Waals surface area contributed by atoms with Crippen molar-refractivity contribution in [3.05, 3.63) is 12.3 Å². The van der Waals surface area contributed by atoms with E-state index in [1.54, 1.807) is 6.92 Å². The van der Waals surface area contributed by atoms with Crippen molar-refractivity contribution in [1.82, 2.24) is 5.06 Å². The van der Waals surface area contributed by atoms with Gasteiger partial charge in [0.1, 0.15) is 6.34 Å². The predicted octanol–water partition coefficient (Wildman–Crippen LogP) is 0.869. The molecule has 0 aromatic heterocycles. The third-order valence-corrected chi connectivity index (χ3v) is 0.445. The fourth-order valence-electron chi connectivity index (χ4n) is 0.182. The Kier molecular flexibility index (Phi) is 2.88. The molecular formula is C5H10N2O. The topological polar surface area (TPSA) is 35.8 Å². The van der Waals surface area contributed by atoms with Gasteiger partial charge >= 0.3 is 0 Å². The molecule has 0 atom stereocenters. The van der Waals surface area contributed by atoms with Crippen LogP contribution < -0.4 is 0 Å². The van der Waals surface area contributed by atoms with Crippen molar-refractivity contribution in [3.63, 3.8) is 0 Å². The Morgan fingerprint density at radius 3 is 2.50 bits per heavy atom. The molecule has 0 spiro atoms. The molecule has 0 amide bonds. The molecule has 46 valence electrons.